The van der Waals surface area contributed by atoms with Crippen molar-refractivity contribution in [1.29, 1.82) is 0 Å². The Bertz CT molecular complexity index is 112. The van der Waals surface area contributed by atoms with Gasteiger partial charge in [0, 0.05) is 6.04 Å². The number of hydrogen-bond acceptors (Lipinski definition) is 1. The van der Waals surface area contributed by atoms with Crippen LogP contribution in [-0.2, 0) is 0 Å². The zero-order valence-corrected chi connectivity index (χ0v) is 8.55. The fourth-order valence-electron chi connectivity index (χ4n) is 2.05. The molecule has 1 aliphatic carbocycles. The third-order valence-electron chi connectivity index (χ3n) is 3.04. The summed E-state index contributed by atoms with van der Waals surface area (Å²) in [5.74, 6) is 1.87. The average molecular weight is 169 g/mol. The predicted molar refractivity (Wildman–Crippen MR) is 54.0 cm³/mol. The van der Waals surface area contributed by atoms with E-state index in [0.717, 1.165) is 11.8 Å². The van der Waals surface area contributed by atoms with Crippen LogP contribution in [0.5, 0.6) is 0 Å². The molecule has 0 bridgehead atoms. The first-order valence-electron chi connectivity index (χ1n) is 5.44. The van der Waals surface area contributed by atoms with E-state index in [1.54, 1.807) is 0 Å². The second-order valence-corrected chi connectivity index (χ2v) is 4.75. The largest absolute Gasteiger partial charge is 0.328 e. The van der Waals surface area contributed by atoms with Crippen molar-refractivity contribution >= 4 is 0 Å². The van der Waals surface area contributed by atoms with Gasteiger partial charge < -0.3 is 5.73 Å². The van der Waals surface area contributed by atoms with Gasteiger partial charge in [-0.15, -0.1) is 0 Å². The SMILES string of the molecule is CC(C)CCC1CCC(N)CC1. The Labute approximate surface area is 76.7 Å². The van der Waals surface area contributed by atoms with Gasteiger partial charge in [-0.1, -0.05) is 26.7 Å². The quantitative estimate of drug-likeness (QED) is 0.690. The lowest BCUT2D eigenvalue weighted by atomic mass is 9.82. The Kier molecular flexibility index (Phi) is 4.07. The molecule has 0 aromatic rings. The molecule has 0 unspecified atom stereocenters. The Morgan fingerprint density at radius 1 is 1.17 bits per heavy atom. The van der Waals surface area contributed by atoms with Crippen LogP contribution < -0.4 is 5.73 Å². The maximum atomic E-state index is 5.85. The summed E-state index contributed by atoms with van der Waals surface area (Å²) in [5, 5.41) is 0. The molecule has 72 valence electrons. The molecule has 1 aliphatic rings. The smallest absolute Gasteiger partial charge is 0.00390 e. The molecule has 2 N–H and O–H groups in total. The first-order valence-corrected chi connectivity index (χ1v) is 5.44. The standard InChI is InChI=1S/C11H23N/c1-9(2)3-4-10-5-7-11(12)8-6-10/h9-11H,3-8,12H2,1-2H3. The number of nitrogens with two attached hydrogens (primary N) is 1. The van der Waals surface area contributed by atoms with E-state index in [1.807, 2.05) is 0 Å². The third kappa shape index (κ3) is 3.57. The van der Waals surface area contributed by atoms with Gasteiger partial charge in [0.1, 0.15) is 0 Å². The number of hydrogen-bond donors (Lipinski definition) is 1. The van der Waals surface area contributed by atoms with Gasteiger partial charge in [-0.25, -0.2) is 0 Å². The molecule has 1 rings (SSSR count). The summed E-state index contributed by atoms with van der Waals surface area (Å²) in [6.07, 6.45) is 8.14. The van der Waals surface area contributed by atoms with Crippen LogP contribution in [0.3, 0.4) is 0 Å². The lowest BCUT2D eigenvalue weighted by Gasteiger charge is -2.26. The highest BCUT2D eigenvalue weighted by atomic mass is 14.6. The molecule has 0 aromatic heterocycles. The highest BCUT2D eigenvalue weighted by molar-refractivity contribution is 4.74. The molecule has 0 spiro atoms. The van der Waals surface area contributed by atoms with E-state index >= 15 is 0 Å². The molecule has 0 saturated heterocycles. The molecule has 12 heavy (non-hydrogen) atoms. The molecular weight excluding hydrogens is 146 g/mol. The van der Waals surface area contributed by atoms with Crippen molar-refractivity contribution in [2.24, 2.45) is 17.6 Å². The van der Waals surface area contributed by atoms with E-state index in [2.05, 4.69) is 13.8 Å². The van der Waals surface area contributed by atoms with Crippen LogP contribution in [0.1, 0.15) is 52.4 Å². The summed E-state index contributed by atoms with van der Waals surface area (Å²) in [7, 11) is 0. The summed E-state index contributed by atoms with van der Waals surface area (Å²) >= 11 is 0. The minimum atomic E-state index is 0.514. The summed E-state index contributed by atoms with van der Waals surface area (Å²) in [5.41, 5.74) is 5.85. The molecule has 0 amide bonds. The van der Waals surface area contributed by atoms with Crippen LogP contribution in [-0.4, -0.2) is 6.04 Å². The summed E-state index contributed by atoms with van der Waals surface area (Å²) in [6, 6.07) is 0.514. The minimum absolute atomic E-state index is 0.514. The van der Waals surface area contributed by atoms with Gasteiger partial charge in [0.15, 0.2) is 0 Å². The predicted octanol–water partition coefficient (Wildman–Crippen LogP) is 2.94. The van der Waals surface area contributed by atoms with Crippen LogP contribution >= 0.6 is 0 Å². The van der Waals surface area contributed by atoms with Gasteiger partial charge in [0.05, 0.1) is 0 Å². The zero-order chi connectivity index (χ0) is 8.97. The summed E-state index contributed by atoms with van der Waals surface area (Å²) in [6.45, 7) is 4.63. The van der Waals surface area contributed by atoms with Crippen molar-refractivity contribution in [3.05, 3.63) is 0 Å². The second-order valence-electron chi connectivity index (χ2n) is 4.75. The topological polar surface area (TPSA) is 26.0 Å². The molecule has 0 aliphatic heterocycles. The molecule has 0 aromatic carbocycles. The van der Waals surface area contributed by atoms with Crippen LogP contribution in [0.25, 0.3) is 0 Å². The fraction of sp³-hybridized carbons (Fsp3) is 1.00. The highest BCUT2D eigenvalue weighted by Gasteiger charge is 2.17. The van der Waals surface area contributed by atoms with Crippen LogP contribution in [0.15, 0.2) is 0 Å². The molecular formula is C11H23N. The van der Waals surface area contributed by atoms with E-state index in [4.69, 9.17) is 5.73 Å². The van der Waals surface area contributed by atoms with E-state index < -0.39 is 0 Å². The van der Waals surface area contributed by atoms with Gasteiger partial charge >= 0.3 is 0 Å². The summed E-state index contributed by atoms with van der Waals surface area (Å²) in [4.78, 5) is 0. The van der Waals surface area contributed by atoms with Crippen LogP contribution in [0.2, 0.25) is 0 Å². The molecule has 1 fully saturated rings. The third-order valence-corrected chi connectivity index (χ3v) is 3.04. The lowest BCUT2D eigenvalue weighted by molar-refractivity contribution is 0.294. The Morgan fingerprint density at radius 3 is 2.25 bits per heavy atom. The van der Waals surface area contributed by atoms with Gasteiger partial charge in [-0.2, -0.15) is 0 Å². The van der Waals surface area contributed by atoms with E-state index in [0.29, 0.717) is 6.04 Å². The monoisotopic (exact) mass is 169 g/mol. The van der Waals surface area contributed by atoms with Crippen molar-refractivity contribution in [2.45, 2.75) is 58.4 Å². The Balaban J connectivity index is 2.09. The van der Waals surface area contributed by atoms with Gasteiger partial charge in [0.2, 0.25) is 0 Å². The zero-order valence-electron chi connectivity index (χ0n) is 8.55. The Hall–Kier alpha value is -0.0400. The van der Waals surface area contributed by atoms with Crippen molar-refractivity contribution in [3.8, 4) is 0 Å². The molecule has 1 heteroatoms. The van der Waals surface area contributed by atoms with Crippen LogP contribution in [0.4, 0.5) is 0 Å². The van der Waals surface area contributed by atoms with Gasteiger partial charge in [-0.3, -0.25) is 0 Å². The maximum absolute atomic E-state index is 5.85. The minimum Gasteiger partial charge on any atom is -0.328 e. The average Bonchev–Trinajstić information content (AvgIpc) is 2.03. The van der Waals surface area contributed by atoms with Crippen molar-refractivity contribution in [3.63, 3.8) is 0 Å². The first-order chi connectivity index (χ1) is 5.68. The molecule has 1 saturated carbocycles. The maximum Gasteiger partial charge on any atom is 0.00390 e. The normalized spacial score (nSPS) is 31.0. The highest BCUT2D eigenvalue weighted by Crippen LogP contribution is 2.27. The van der Waals surface area contributed by atoms with Crippen molar-refractivity contribution in [2.75, 3.05) is 0 Å². The fourth-order valence-corrected chi connectivity index (χ4v) is 2.05. The van der Waals surface area contributed by atoms with Gasteiger partial charge in [-0.05, 0) is 37.5 Å². The van der Waals surface area contributed by atoms with E-state index in [-0.39, 0.29) is 0 Å². The van der Waals surface area contributed by atoms with Crippen molar-refractivity contribution < 1.29 is 0 Å². The van der Waals surface area contributed by atoms with Crippen molar-refractivity contribution in [1.82, 2.24) is 0 Å². The van der Waals surface area contributed by atoms with Crippen LogP contribution in [0, 0.1) is 11.8 Å². The number of rotatable bonds is 3. The van der Waals surface area contributed by atoms with E-state index in [1.165, 1.54) is 38.5 Å². The Morgan fingerprint density at radius 2 is 1.75 bits per heavy atom. The second kappa shape index (κ2) is 4.86. The molecule has 0 atom stereocenters. The molecule has 0 radical (unpaired) electrons. The van der Waals surface area contributed by atoms with E-state index in [9.17, 15) is 0 Å². The molecule has 0 heterocycles. The molecule has 1 nitrogen and oxygen atoms in total. The first kappa shape index (κ1) is 10.0. The lowest BCUT2D eigenvalue weighted by Crippen LogP contribution is -2.26. The van der Waals surface area contributed by atoms with Gasteiger partial charge in [0.25, 0.3) is 0 Å². The summed E-state index contributed by atoms with van der Waals surface area (Å²) < 4.78 is 0.